The molecule has 2 N–H and O–H groups in total. The van der Waals surface area contributed by atoms with Crippen molar-refractivity contribution in [2.45, 2.75) is 83.8 Å². The van der Waals surface area contributed by atoms with Crippen molar-refractivity contribution in [2.24, 2.45) is 34.5 Å². The first kappa shape index (κ1) is 30.8. The third kappa shape index (κ3) is 3.95. The average molecular weight is 589 g/mol. The van der Waals surface area contributed by atoms with Gasteiger partial charge in [0.1, 0.15) is 17.8 Å². The highest BCUT2D eigenvalue weighted by Crippen LogP contribution is 2.72. The van der Waals surface area contributed by atoms with E-state index in [9.17, 15) is 33.8 Å². The number of fused-ring (bicyclic) bond motifs is 5. The number of allylic oxidation sites excluding steroid dienone is 3. The Kier molecular flexibility index (Phi) is 7.90. The van der Waals surface area contributed by atoms with Crippen molar-refractivity contribution in [1.82, 2.24) is 0 Å². The summed E-state index contributed by atoms with van der Waals surface area (Å²) in [6.45, 7) is 7.25. The van der Waals surface area contributed by atoms with Crippen molar-refractivity contribution in [3.63, 3.8) is 0 Å². The van der Waals surface area contributed by atoms with Crippen LogP contribution in [0.2, 0.25) is 0 Å². The number of aliphatic hydroxyl groups is 2. The topological polar surface area (TPSA) is 127 Å². The van der Waals surface area contributed by atoms with Crippen LogP contribution in [0.3, 0.4) is 0 Å². The fourth-order valence-corrected chi connectivity index (χ4v) is 8.95. The minimum Gasteiger partial charge on any atom is -0.390 e. The van der Waals surface area contributed by atoms with E-state index in [4.69, 9.17) is 0 Å². The summed E-state index contributed by atoms with van der Waals surface area (Å²) in [7, 11) is 0. The SMILES string of the molecule is CCC(=O)OOC(=O)C(C)C1=CC(=O)C=C2[C@@H](F)CC3[C@@H]4C[C@@H](C)[C@](O)(C(=O)SCF)[C@@]4(C)C[C@H](O)[C@]3(F)[C@@]12C. The number of hydrogen-bond donors (Lipinski definition) is 2. The zero-order valence-electron chi connectivity index (χ0n) is 23.0. The lowest BCUT2D eigenvalue weighted by atomic mass is 9.42. The predicted molar refractivity (Wildman–Crippen MR) is 137 cm³/mol. The molecule has 0 aromatic carbocycles. The molecule has 3 fully saturated rings. The molecule has 4 aliphatic rings. The number of aliphatic hydroxyl groups excluding tert-OH is 1. The third-order valence-electron chi connectivity index (χ3n) is 10.3. The average Bonchev–Trinajstić information content (AvgIpc) is 3.10. The summed E-state index contributed by atoms with van der Waals surface area (Å²) in [5, 5.41) is 22.5. The molecule has 0 aromatic heterocycles. The molecule has 12 heteroatoms. The second kappa shape index (κ2) is 10.3. The molecule has 0 aromatic rings. The Labute approximate surface area is 234 Å². The van der Waals surface area contributed by atoms with Crippen LogP contribution in [0.1, 0.15) is 60.3 Å². The Bertz CT molecular complexity index is 1190. The summed E-state index contributed by atoms with van der Waals surface area (Å²) in [5.74, 6) is -6.78. The maximum atomic E-state index is 17.9. The first-order chi connectivity index (χ1) is 18.5. The number of halogens is 3. The molecule has 2 unspecified atom stereocenters. The van der Waals surface area contributed by atoms with Gasteiger partial charge in [0.25, 0.3) is 0 Å². The molecule has 3 saturated carbocycles. The van der Waals surface area contributed by atoms with Gasteiger partial charge in [0.05, 0.1) is 17.4 Å². The maximum Gasteiger partial charge on any atom is 0.362 e. The van der Waals surface area contributed by atoms with Gasteiger partial charge in [0, 0.05) is 17.8 Å². The van der Waals surface area contributed by atoms with E-state index < -0.39 is 99.7 Å². The van der Waals surface area contributed by atoms with E-state index in [-0.39, 0.29) is 24.0 Å². The smallest absolute Gasteiger partial charge is 0.362 e. The minimum atomic E-state index is -2.63. The standard InChI is InChI=1S/C28H35F3O8S/c1-6-22(34)38-39-23(35)14(3)16-8-15(32)9-19-20(30)10-18-17-7-13(2)28(37,24(36)40-12-29)25(17,4)11-21(33)27(18,31)26(16,19)5/h8-9,13-14,17-18,20-21,33,37H,6-7,10-12H2,1-5H3/t13-,14?,17+,18?,20+,21+,25+,26+,27+,28+/m1/s1. The van der Waals surface area contributed by atoms with Gasteiger partial charge in [-0.15, -0.1) is 0 Å². The van der Waals surface area contributed by atoms with Crippen LogP contribution in [0.15, 0.2) is 23.3 Å². The second-order valence-corrected chi connectivity index (χ2v) is 12.8. The summed E-state index contributed by atoms with van der Waals surface area (Å²) in [4.78, 5) is 59.1. The first-order valence-corrected chi connectivity index (χ1v) is 14.4. The van der Waals surface area contributed by atoms with Gasteiger partial charge in [-0.25, -0.2) is 32.5 Å². The Hall–Kier alpha value is -2.18. The molecule has 8 nitrogen and oxygen atoms in total. The summed E-state index contributed by atoms with van der Waals surface area (Å²) in [5.41, 5.74) is -8.51. The van der Waals surface area contributed by atoms with Gasteiger partial charge in [0.2, 0.25) is 5.12 Å². The molecule has 40 heavy (non-hydrogen) atoms. The quantitative estimate of drug-likeness (QED) is 0.363. The fraction of sp³-hybridized carbons (Fsp3) is 0.714. The van der Waals surface area contributed by atoms with Crippen LogP contribution < -0.4 is 0 Å². The largest absolute Gasteiger partial charge is 0.390 e. The van der Waals surface area contributed by atoms with Gasteiger partial charge in [-0.2, -0.15) is 0 Å². The van der Waals surface area contributed by atoms with Crippen molar-refractivity contribution >= 4 is 34.6 Å². The Morgan fingerprint density at radius 1 is 1.18 bits per heavy atom. The second-order valence-electron chi connectivity index (χ2n) is 11.9. The summed E-state index contributed by atoms with van der Waals surface area (Å²) in [6, 6.07) is -1.07. The first-order valence-electron chi connectivity index (χ1n) is 13.4. The van der Waals surface area contributed by atoms with Crippen molar-refractivity contribution in [3.8, 4) is 0 Å². The summed E-state index contributed by atoms with van der Waals surface area (Å²) in [6.07, 6.45) is -2.53. The highest BCUT2D eigenvalue weighted by molar-refractivity contribution is 8.13. The fourth-order valence-electron chi connectivity index (χ4n) is 8.20. The number of ketones is 1. The zero-order valence-corrected chi connectivity index (χ0v) is 23.9. The lowest BCUT2D eigenvalue weighted by Gasteiger charge is -2.64. The van der Waals surface area contributed by atoms with Gasteiger partial charge in [-0.05, 0) is 68.2 Å². The maximum absolute atomic E-state index is 17.9. The minimum absolute atomic E-state index is 0.0876. The van der Waals surface area contributed by atoms with Crippen LogP contribution in [0.5, 0.6) is 0 Å². The van der Waals surface area contributed by atoms with Gasteiger partial charge >= 0.3 is 11.9 Å². The van der Waals surface area contributed by atoms with Gasteiger partial charge in [-0.1, -0.05) is 32.5 Å². The number of alkyl halides is 3. The molecule has 0 bridgehead atoms. The van der Waals surface area contributed by atoms with E-state index >= 15 is 8.78 Å². The molecule has 0 saturated heterocycles. The van der Waals surface area contributed by atoms with Crippen molar-refractivity contribution in [1.29, 1.82) is 0 Å². The molecular formula is C28H35F3O8S. The van der Waals surface area contributed by atoms with Crippen LogP contribution in [-0.4, -0.2) is 62.6 Å². The van der Waals surface area contributed by atoms with E-state index in [0.29, 0.717) is 11.8 Å². The number of carbonyl (C=O) groups is 4. The molecule has 4 aliphatic carbocycles. The molecule has 0 spiro atoms. The monoisotopic (exact) mass is 588 g/mol. The van der Waals surface area contributed by atoms with Gasteiger partial charge < -0.3 is 10.2 Å². The lowest BCUT2D eigenvalue weighted by molar-refractivity contribution is -0.261. The molecule has 0 radical (unpaired) electrons. The van der Waals surface area contributed by atoms with Crippen LogP contribution in [0, 0.1) is 34.5 Å². The third-order valence-corrected chi connectivity index (χ3v) is 11.0. The molecular weight excluding hydrogens is 553 g/mol. The van der Waals surface area contributed by atoms with Gasteiger partial charge in [-0.3, -0.25) is 9.59 Å². The van der Waals surface area contributed by atoms with Crippen LogP contribution in [-0.2, 0) is 29.0 Å². The van der Waals surface area contributed by atoms with Crippen molar-refractivity contribution < 1.29 is 52.3 Å². The summed E-state index contributed by atoms with van der Waals surface area (Å²) >= 11 is 0.301. The normalized spacial score (nSPS) is 43.0. The Morgan fingerprint density at radius 2 is 1.82 bits per heavy atom. The Balaban J connectivity index is 1.82. The zero-order chi connectivity index (χ0) is 30.0. The lowest BCUT2D eigenvalue weighted by Crippen LogP contribution is -2.71. The highest BCUT2D eigenvalue weighted by atomic mass is 32.2. The van der Waals surface area contributed by atoms with Gasteiger partial charge in [0.15, 0.2) is 11.5 Å². The highest BCUT2D eigenvalue weighted by Gasteiger charge is 2.77. The van der Waals surface area contributed by atoms with E-state index in [0.717, 1.165) is 12.2 Å². The number of carbonyl (C=O) groups excluding carboxylic acids is 4. The molecule has 222 valence electrons. The number of hydrogen-bond acceptors (Lipinski definition) is 9. The van der Waals surface area contributed by atoms with Crippen molar-refractivity contribution in [3.05, 3.63) is 23.3 Å². The van der Waals surface area contributed by atoms with Crippen LogP contribution in [0.25, 0.3) is 0 Å². The van der Waals surface area contributed by atoms with E-state index in [1.54, 1.807) is 13.8 Å². The van der Waals surface area contributed by atoms with Crippen molar-refractivity contribution in [2.75, 3.05) is 6.01 Å². The van der Waals surface area contributed by atoms with Crippen LogP contribution >= 0.6 is 11.8 Å². The van der Waals surface area contributed by atoms with Crippen LogP contribution in [0.4, 0.5) is 13.2 Å². The molecule has 0 heterocycles. The predicted octanol–water partition coefficient (Wildman–Crippen LogP) is 3.89. The molecule has 4 rings (SSSR count). The molecule has 0 aliphatic heterocycles. The molecule has 0 amide bonds. The number of thioether (sulfide) groups is 1. The molecule has 10 atom stereocenters. The van der Waals surface area contributed by atoms with E-state index in [1.807, 2.05) is 0 Å². The Morgan fingerprint density at radius 3 is 2.42 bits per heavy atom. The van der Waals surface area contributed by atoms with E-state index in [1.165, 1.54) is 20.8 Å². The number of rotatable bonds is 5. The van der Waals surface area contributed by atoms with E-state index in [2.05, 4.69) is 9.78 Å². The summed E-state index contributed by atoms with van der Waals surface area (Å²) < 4.78 is 47.1.